The molecule has 0 saturated carbocycles. The highest BCUT2D eigenvalue weighted by molar-refractivity contribution is 9.11. The Morgan fingerprint density at radius 3 is 2.24 bits per heavy atom. The summed E-state index contributed by atoms with van der Waals surface area (Å²) in [5, 5.41) is 9.44. The number of carboxylic acids is 1. The topological polar surface area (TPSA) is 83.5 Å². The van der Waals surface area contributed by atoms with E-state index in [0.717, 1.165) is 17.4 Å². The number of hydrogen-bond acceptors (Lipinski definition) is 4. The van der Waals surface area contributed by atoms with Crippen LogP contribution in [0.2, 0.25) is 10.0 Å². The van der Waals surface area contributed by atoms with Gasteiger partial charge in [-0.25, -0.2) is 13.2 Å². The Kier molecular flexibility index (Phi) is 4.84. The number of rotatable bonds is 4. The standard InChI is InChI=1S/C11H6BrCl2NO4S2/c12-10-9(4-8(20-10)11(16)17)21(18,19)15-7-2-5(13)1-6(14)3-7/h1-4,15H,(H,16,17). The van der Waals surface area contributed by atoms with Gasteiger partial charge in [-0.2, -0.15) is 0 Å². The van der Waals surface area contributed by atoms with Crippen molar-refractivity contribution in [3.63, 3.8) is 0 Å². The summed E-state index contributed by atoms with van der Waals surface area (Å²) in [7, 11) is -3.96. The molecule has 2 N–H and O–H groups in total. The molecule has 0 atom stereocenters. The summed E-state index contributed by atoms with van der Waals surface area (Å²) in [6.45, 7) is 0. The second-order valence-electron chi connectivity index (χ2n) is 3.82. The van der Waals surface area contributed by atoms with E-state index in [1.54, 1.807) is 0 Å². The van der Waals surface area contributed by atoms with Crippen molar-refractivity contribution in [1.29, 1.82) is 0 Å². The van der Waals surface area contributed by atoms with E-state index in [4.69, 9.17) is 28.3 Å². The van der Waals surface area contributed by atoms with Crippen LogP contribution in [0.5, 0.6) is 0 Å². The monoisotopic (exact) mass is 429 g/mol. The van der Waals surface area contributed by atoms with Gasteiger partial charge in [0.2, 0.25) is 0 Å². The minimum atomic E-state index is -3.96. The highest BCUT2D eigenvalue weighted by Crippen LogP contribution is 2.33. The molecule has 2 aromatic rings. The summed E-state index contributed by atoms with van der Waals surface area (Å²) in [6, 6.07) is 5.32. The summed E-state index contributed by atoms with van der Waals surface area (Å²) in [6.07, 6.45) is 0. The lowest BCUT2D eigenvalue weighted by atomic mass is 10.3. The molecule has 2 rings (SSSR count). The smallest absolute Gasteiger partial charge is 0.345 e. The number of hydrogen-bond donors (Lipinski definition) is 2. The molecule has 0 spiro atoms. The molecule has 0 radical (unpaired) electrons. The van der Waals surface area contributed by atoms with Gasteiger partial charge in [-0.1, -0.05) is 23.2 Å². The van der Waals surface area contributed by atoms with Crippen molar-refractivity contribution in [3.8, 4) is 0 Å². The maximum Gasteiger partial charge on any atom is 0.345 e. The van der Waals surface area contributed by atoms with Gasteiger partial charge in [0.1, 0.15) is 9.77 Å². The summed E-state index contributed by atoms with van der Waals surface area (Å²) < 4.78 is 27.0. The van der Waals surface area contributed by atoms with Crippen molar-refractivity contribution in [2.24, 2.45) is 0 Å². The van der Waals surface area contributed by atoms with E-state index in [9.17, 15) is 13.2 Å². The van der Waals surface area contributed by atoms with E-state index in [-0.39, 0.29) is 29.3 Å². The second kappa shape index (κ2) is 6.13. The van der Waals surface area contributed by atoms with Crippen molar-refractivity contribution in [2.45, 2.75) is 4.90 Å². The molecule has 0 fully saturated rings. The molecular weight excluding hydrogens is 425 g/mol. The Morgan fingerprint density at radius 1 is 1.19 bits per heavy atom. The van der Waals surface area contributed by atoms with E-state index < -0.39 is 16.0 Å². The number of aromatic carboxylic acids is 1. The highest BCUT2D eigenvalue weighted by Gasteiger charge is 2.23. The molecule has 0 bridgehead atoms. The fourth-order valence-corrected chi connectivity index (χ4v) is 5.43. The highest BCUT2D eigenvalue weighted by atomic mass is 79.9. The second-order valence-corrected chi connectivity index (χ2v) is 8.71. The van der Waals surface area contributed by atoms with Gasteiger partial charge < -0.3 is 5.11 Å². The van der Waals surface area contributed by atoms with Crippen molar-refractivity contribution < 1.29 is 18.3 Å². The van der Waals surface area contributed by atoms with Crippen molar-refractivity contribution >= 4 is 72.1 Å². The molecule has 10 heteroatoms. The first-order valence-electron chi connectivity index (χ1n) is 5.20. The number of thiophene rings is 1. The van der Waals surface area contributed by atoms with E-state index in [1.807, 2.05) is 0 Å². The van der Waals surface area contributed by atoms with E-state index in [2.05, 4.69) is 20.7 Å². The van der Waals surface area contributed by atoms with Crippen LogP contribution in [-0.4, -0.2) is 19.5 Å². The molecule has 0 saturated heterocycles. The lowest BCUT2D eigenvalue weighted by Crippen LogP contribution is -2.12. The minimum Gasteiger partial charge on any atom is -0.477 e. The van der Waals surface area contributed by atoms with Crippen LogP contribution in [0.15, 0.2) is 32.9 Å². The Labute approximate surface area is 142 Å². The molecule has 1 aromatic heterocycles. The molecule has 0 aliphatic rings. The third kappa shape index (κ3) is 3.89. The van der Waals surface area contributed by atoms with E-state index in [0.29, 0.717) is 0 Å². The molecule has 21 heavy (non-hydrogen) atoms. The largest absolute Gasteiger partial charge is 0.477 e. The first-order valence-corrected chi connectivity index (χ1v) is 9.05. The zero-order valence-electron chi connectivity index (χ0n) is 9.93. The molecule has 1 aromatic carbocycles. The lowest BCUT2D eigenvalue weighted by molar-refractivity contribution is 0.0702. The van der Waals surface area contributed by atoms with Crippen LogP contribution in [0, 0.1) is 0 Å². The van der Waals surface area contributed by atoms with Crippen molar-refractivity contribution in [2.75, 3.05) is 4.72 Å². The third-order valence-electron chi connectivity index (χ3n) is 2.27. The number of nitrogens with one attached hydrogen (secondary N) is 1. The van der Waals surface area contributed by atoms with Crippen molar-refractivity contribution in [1.82, 2.24) is 0 Å². The molecule has 0 amide bonds. The molecule has 0 aliphatic carbocycles. The molecule has 0 unspecified atom stereocenters. The number of halogens is 3. The molecule has 5 nitrogen and oxygen atoms in total. The Hall–Kier alpha value is -0.800. The van der Waals surface area contributed by atoms with E-state index >= 15 is 0 Å². The SMILES string of the molecule is O=C(O)c1cc(S(=O)(=O)Nc2cc(Cl)cc(Cl)c2)c(Br)s1. The van der Waals surface area contributed by atoms with Crippen molar-refractivity contribution in [3.05, 3.63) is 43.0 Å². The zero-order chi connectivity index (χ0) is 15.8. The Balaban J connectivity index is 2.40. The first kappa shape index (κ1) is 16.6. The van der Waals surface area contributed by atoms with Gasteiger partial charge in [0.05, 0.1) is 9.47 Å². The Bertz CT molecular complexity index is 799. The maximum absolute atomic E-state index is 12.3. The summed E-state index contributed by atoms with van der Waals surface area (Å²) >= 11 is 15.5. The van der Waals surface area contributed by atoms with Gasteiger partial charge in [0.15, 0.2) is 0 Å². The van der Waals surface area contributed by atoms with Crippen LogP contribution >= 0.6 is 50.5 Å². The van der Waals surface area contributed by atoms with Crippen LogP contribution < -0.4 is 4.72 Å². The molecular formula is C11H6BrCl2NO4S2. The predicted octanol–water partition coefficient (Wildman–Crippen LogP) is 4.32. The van der Waals surface area contributed by atoms with Crippen LogP contribution in [0.4, 0.5) is 5.69 Å². The number of sulfonamides is 1. The summed E-state index contributed by atoms with van der Waals surface area (Å²) in [5.74, 6) is -1.20. The van der Waals surface area contributed by atoms with Gasteiger partial charge in [0, 0.05) is 10.0 Å². The average molecular weight is 431 g/mol. The molecule has 1 heterocycles. The lowest BCUT2D eigenvalue weighted by Gasteiger charge is -2.08. The molecule has 112 valence electrons. The van der Waals surface area contributed by atoms with Gasteiger partial charge in [-0.05, 0) is 40.2 Å². The van der Waals surface area contributed by atoms with Crippen LogP contribution in [0.1, 0.15) is 9.67 Å². The van der Waals surface area contributed by atoms with Gasteiger partial charge in [-0.3, -0.25) is 4.72 Å². The van der Waals surface area contributed by atoms with Crippen LogP contribution in [0.25, 0.3) is 0 Å². The van der Waals surface area contributed by atoms with E-state index in [1.165, 1.54) is 18.2 Å². The first-order chi connectivity index (χ1) is 9.69. The normalized spacial score (nSPS) is 11.4. The van der Waals surface area contributed by atoms with Gasteiger partial charge >= 0.3 is 5.97 Å². The summed E-state index contributed by atoms with van der Waals surface area (Å²) in [5.41, 5.74) is 0.183. The minimum absolute atomic E-state index is 0.0913. The number of anilines is 1. The van der Waals surface area contributed by atoms with Crippen LogP contribution in [0.3, 0.4) is 0 Å². The van der Waals surface area contributed by atoms with Crippen LogP contribution in [-0.2, 0) is 10.0 Å². The maximum atomic E-state index is 12.3. The number of carbonyl (C=O) groups is 1. The number of benzene rings is 1. The molecule has 0 aliphatic heterocycles. The quantitative estimate of drug-likeness (QED) is 0.756. The fraction of sp³-hybridized carbons (Fsp3) is 0. The van der Waals surface area contributed by atoms with Gasteiger partial charge in [0.25, 0.3) is 10.0 Å². The number of carboxylic acid groups (broad SMARTS) is 1. The predicted molar refractivity (Wildman–Crippen MR) is 86.2 cm³/mol. The summed E-state index contributed by atoms with van der Waals surface area (Å²) in [4.78, 5) is 10.6. The van der Waals surface area contributed by atoms with Gasteiger partial charge in [-0.15, -0.1) is 11.3 Å². The fourth-order valence-electron chi connectivity index (χ4n) is 1.46. The Morgan fingerprint density at radius 2 is 1.76 bits per heavy atom. The third-order valence-corrected chi connectivity index (χ3v) is 6.33. The zero-order valence-corrected chi connectivity index (χ0v) is 14.7. The average Bonchev–Trinajstić information content (AvgIpc) is 2.70.